The molecular weight excluding hydrogens is 282 g/mol. The maximum atomic E-state index is 12.0. The van der Waals surface area contributed by atoms with Crippen molar-refractivity contribution in [2.24, 2.45) is 0 Å². The fourth-order valence-corrected chi connectivity index (χ4v) is 3.06. The average molecular weight is 298 g/mol. The van der Waals surface area contributed by atoms with Crippen molar-refractivity contribution in [3.8, 4) is 0 Å². The summed E-state index contributed by atoms with van der Waals surface area (Å²) in [5.41, 5.74) is 0.939. The van der Waals surface area contributed by atoms with Gasteiger partial charge >= 0.3 is 0 Å². The van der Waals surface area contributed by atoms with Crippen LogP contribution in [0.1, 0.15) is 19.3 Å². The molecular formula is C13H16ClN3OS. The minimum atomic E-state index is -0.0641. The van der Waals surface area contributed by atoms with Crippen LogP contribution < -0.4 is 10.6 Å². The summed E-state index contributed by atoms with van der Waals surface area (Å²) < 4.78 is 1.10. The molecule has 1 unspecified atom stereocenters. The number of piperidine rings is 1. The van der Waals surface area contributed by atoms with E-state index in [-0.39, 0.29) is 24.4 Å². The minimum absolute atomic E-state index is 0. The molecule has 3 rings (SSSR count). The van der Waals surface area contributed by atoms with Crippen molar-refractivity contribution in [2.75, 3.05) is 11.9 Å². The number of anilines is 1. The molecule has 1 atom stereocenters. The molecule has 1 fully saturated rings. The highest BCUT2D eigenvalue weighted by Gasteiger charge is 2.21. The Morgan fingerprint density at radius 3 is 2.95 bits per heavy atom. The number of halogens is 1. The molecule has 19 heavy (non-hydrogen) atoms. The van der Waals surface area contributed by atoms with Gasteiger partial charge in [0.05, 0.1) is 16.3 Å². The van der Waals surface area contributed by atoms with Crippen molar-refractivity contribution in [2.45, 2.75) is 25.3 Å². The Bertz CT molecular complexity index is 533. The number of carbonyl (C=O) groups is 1. The van der Waals surface area contributed by atoms with Crippen molar-refractivity contribution in [3.05, 3.63) is 24.3 Å². The number of carbonyl (C=O) groups excluding carboxylic acids is 1. The number of rotatable bonds is 2. The zero-order chi connectivity index (χ0) is 12.4. The van der Waals surface area contributed by atoms with Gasteiger partial charge in [0.15, 0.2) is 5.13 Å². The molecule has 4 nitrogen and oxygen atoms in total. The number of hydrogen-bond acceptors (Lipinski definition) is 4. The van der Waals surface area contributed by atoms with Crippen LogP contribution in [0.4, 0.5) is 5.13 Å². The molecule has 1 saturated heterocycles. The lowest BCUT2D eigenvalue weighted by Crippen LogP contribution is -2.43. The van der Waals surface area contributed by atoms with Gasteiger partial charge in [0.25, 0.3) is 0 Å². The molecule has 0 spiro atoms. The quantitative estimate of drug-likeness (QED) is 0.896. The van der Waals surface area contributed by atoms with Crippen LogP contribution in [0, 0.1) is 0 Å². The highest BCUT2D eigenvalue weighted by atomic mass is 35.5. The van der Waals surface area contributed by atoms with Crippen LogP contribution in [0.2, 0.25) is 0 Å². The molecule has 1 amide bonds. The van der Waals surface area contributed by atoms with Crippen LogP contribution in [0.15, 0.2) is 24.3 Å². The molecule has 1 aromatic heterocycles. The second-order valence-corrected chi connectivity index (χ2v) is 5.51. The van der Waals surface area contributed by atoms with Crippen molar-refractivity contribution < 1.29 is 4.79 Å². The maximum absolute atomic E-state index is 12.0. The first-order chi connectivity index (χ1) is 8.83. The highest BCUT2D eigenvalue weighted by Crippen LogP contribution is 2.25. The molecule has 0 bridgehead atoms. The average Bonchev–Trinajstić information content (AvgIpc) is 2.82. The van der Waals surface area contributed by atoms with Crippen LogP contribution in [-0.2, 0) is 4.79 Å². The third-order valence-corrected chi connectivity index (χ3v) is 4.10. The first kappa shape index (κ1) is 14.2. The molecule has 0 aliphatic carbocycles. The van der Waals surface area contributed by atoms with E-state index in [1.807, 2.05) is 24.3 Å². The Balaban J connectivity index is 0.00000133. The normalized spacial score (nSPS) is 18.8. The van der Waals surface area contributed by atoms with E-state index in [1.54, 1.807) is 0 Å². The molecule has 1 aliphatic rings. The fraction of sp³-hybridized carbons (Fsp3) is 0.385. The molecule has 0 saturated carbocycles. The molecule has 102 valence electrons. The summed E-state index contributed by atoms with van der Waals surface area (Å²) in [6.07, 6.45) is 3.19. The summed E-state index contributed by atoms with van der Waals surface area (Å²) in [5.74, 6) is 0.0359. The Morgan fingerprint density at radius 1 is 1.37 bits per heavy atom. The molecule has 6 heteroatoms. The summed E-state index contributed by atoms with van der Waals surface area (Å²) in [6.45, 7) is 0.929. The monoisotopic (exact) mass is 297 g/mol. The van der Waals surface area contributed by atoms with Crippen molar-refractivity contribution >= 4 is 45.0 Å². The van der Waals surface area contributed by atoms with E-state index in [0.29, 0.717) is 5.13 Å². The highest BCUT2D eigenvalue weighted by molar-refractivity contribution is 7.22. The van der Waals surface area contributed by atoms with Gasteiger partial charge in [0, 0.05) is 0 Å². The van der Waals surface area contributed by atoms with Gasteiger partial charge in [-0.15, -0.1) is 12.4 Å². The largest absolute Gasteiger partial charge is 0.306 e. The molecule has 2 aromatic rings. The van der Waals surface area contributed by atoms with Gasteiger partial charge in [-0.05, 0) is 31.5 Å². The lowest BCUT2D eigenvalue weighted by Gasteiger charge is -2.21. The summed E-state index contributed by atoms with van der Waals surface area (Å²) in [6, 6.07) is 7.85. The molecule has 2 heterocycles. The van der Waals surface area contributed by atoms with Crippen LogP contribution in [0.3, 0.4) is 0 Å². The first-order valence-corrected chi connectivity index (χ1v) is 7.04. The lowest BCUT2D eigenvalue weighted by atomic mass is 10.0. The number of aromatic nitrogens is 1. The SMILES string of the molecule is Cl.O=C(Nc1nc2ccccc2s1)C1CCCCN1. The lowest BCUT2D eigenvalue weighted by molar-refractivity contribution is -0.118. The summed E-state index contributed by atoms with van der Waals surface area (Å²) >= 11 is 1.52. The Labute approximate surface area is 122 Å². The van der Waals surface area contributed by atoms with E-state index in [2.05, 4.69) is 15.6 Å². The smallest absolute Gasteiger partial charge is 0.243 e. The summed E-state index contributed by atoms with van der Waals surface area (Å²) in [5, 5.41) is 6.83. The van der Waals surface area contributed by atoms with E-state index in [9.17, 15) is 4.79 Å². The fourth-order valence-electron chi connectivity index (χ4n) is 2.19. The number of nitrogens with zero attached hydrogens (tertiary/aromatic N) is 1. The topological polar surface area (TPSA) is 54.0 Å². The number of benzene rings is 1. The number of hydrogen-bond donors (Lipinski definition) is 2. The number of nitrogens with one attached hydrogen (secondary N) is 2. The van der Waals surface area contributed by atoms with Crippen LogP contribution in [-0.4, -0.2) is 23.5 Å². The standard InChI is InChI=1S/C13H15N3OS.ClH/c17-12(10-6-3-4-8-14-10)16-13-15-9-5-1-2-7-11(9)18-13;/h1-2,5,7,10,14H,3-4,6,8H2,(H,15,16,17);1H. The van der Waals surface area contributed by atoms with Gasteiger partial charge in [0.2, 0.25) is 5.91 Å². The Kier molecular flexibility index (Phi) is 4.74. The number of amides is 1. The van der Waals surface area contributed by atoms with Crippen molar-refractivity contribution in [3.63, 3.8) is 0 Å². The zero-order valence-electron chi connectivity index (χ0n) is 10.4. The number of fused-ring (bicyclic) bond motifs is 1. The third-order valence-electron chi connectivity index (χ3n) is 3.15. The second kappa shape index (κ2) is 6.32. The number of thiazole rings is 1. The van der Waals surface area contributed by atoms with Gasteiger partial charge in [0.1, 0.15) is 0 Å². The van der Waals surface area contributed by atoms with E-state index >= 15 is 0 Å². The summed E-state index contributed by atoms with van der Waals surface area (Å²) in [4.78, 5) is 16.4. The van der Waals surface area contributed by atoms with Crippen LogP contribution >= 0.6 is 23.7 Å². The van der Waals surface area contributed by atoms with Gasteiger partial charge in [-0.25, -0.2) is 4.98 Å². The first-order valence-electron chi connectivity index (χ1n) is 6.23. The Hall–Kier alpha value is -1.17. The van der Waals surface area contributed by atoms with Crippen LogP contribution in [0.5, 0.6) is 0 Å². The maximum Gasteiger partial charge on any atom is 0.243 e. The van der Waals surface area contributed by atoms with E-state index in [0.717, 1.165) is 36.0 Å². The molecule has 0 radical (unpaired) electrons. The predicted octanol–water partition coefficient (Wildman–Crippen LogP) is 2.80. The minimum Gasteiger partial charge on any atom is -0.306 e. The molecule has 2 N–H and O–H groups in total. The predicted molar refractivity (Wildman–Crippen MR) is 81.1 cm³/mol. The van der Waals surface area contributed by atoms with Crippen LogP contribution in [0.25, 0.3) is 10.2 Å². The van der Waals surface area contributed by atoms with Gasteiger partial charge < -0.3 is 10.6 Å². The zero-order valence-corrected chi connectivity index (χ0v) is 12.0. The van der Waals surface area contributed by atoms with Gasteiger partial charge in [-0.1, -0.05) is 29.9 Å². The van der Waals surface area contributed by atoms with Crippen molar-refractivity contribution in [1.82, 2.24) is 10.3 Å². The Morgan fingerprint density at radius 2 is 2.21 bits per heavy atom. The molecule has 1 aliphatic heterocycles. The van der Waals surface area contributed by atoms with Crippen molar-refractivity contribution in [1.29, 1.82) is 0 Å². The van der Waals surface area contributed by atoms with E-state index in [1.165, 1.54) is 11.3 Å². The van der Waals surface area contributed by atoms with E-state index in [4.69, 9.17) is 0 Å². The molecule has 1 aromatic carbocycles. The summed E-state index contributed by atoms with van der Waals surface area (Å²) in [7, 11) is 0. The number of para-hydroxylation sites is 1. The van der Waals surface area contributed by atoms with Gasteiger partial charge in [-0.2, -0.15) is 0 Å². The van der Waals surface area contributed by atoms with Gasteiger partial charge in [-0.3, -0.25) is 4.79 Å². The third kappa shape index (κ3) is 3.23. The van der Waals surface area contributed by atoms with E-state index < -0.39 is 0 Å². The second-order valence-electron chi connectivity index (χ2n) is 4.48.